The lowest BCUT2D eigenvalue weighted by Gasteiger charge is -1.90. The third-order valence-corrected chi connectivity index (χ3v) is 1.14. The average molecular weight is 149 g/mol. The van der Waals surface area contributed by atoms with E-state index in [4.69, 9.17) is 5.11 Å². The van der Waals surface area contributed by atoms with Crippen LogP contribution in [0.5, 0.6) is 0 Å². The Kier molecular flexibility index (Phi) is 2.38. The number of hydrogen-bond donors (Lipinski definition) is 1. The molecule has 0 bridgehead atoms. The molecule has 0 aliphatic carbocycles. The maximum atomic E-state index is 10.9. The number of aliphatic hydroxyl groups is 1. The standard InChI is InChI=1S/C8H7NO2/c10-6-4-8(11)7-3-1-2-5-9-7/h1-6,10H. The Labute approximate surface area is 64.0 Å². The summed E-state index contributed by atoms with van der Waals surface area (Å²) in [5.74, 6) is -0.298. The Hall–Kier alpha value is -1.64. The van der Waals surface area contributed by atoms with Crippen LogP contribution >= 0.6 is 0 Å². The van der Waals surface area contributed by atoms with Gasteiger partial charge in [-0.1, -0.05) is 6.07 Å². The van der Waals surface area contributed by atoms with Crippen LogP contribution in [0.3, 0.4) is 0 Å². The second-order valence-electron chi connectivity index (χ2n) is 1.89. The molecule has 0 aliphatic heterocycles. The van der Waals surface area contributed by atoms with Gasteiger partial charge in [0.05, 0.1) is 6.26 Å². The van der Waals surface area contributed by atoms with Crippen LogP contribution in [0.15, 0.2) is 36.7 Å². The van der Waals surface area contributed by atoms with Gasteiger partial charge in [0.1, 0.15) is 5.69 Å². The molecule has 0 aromatic carbocycles. The number of ketones is 1. The van der Waals surface area contributed by atoms with Gasteiger partial charge in [0.25, 0.3) is 0 Å². The first kappa shape index (κ1) is 7.47. The van der Waals surface area contributed by atoms with Crippen LogP contribution in [0.2, 0.25) is 0 Å². The maximum absolute atomic E-state index is 10.9. The van der Waals surface area contributed by atoms with Crippen molar-refractivity contribution in [3.8, 4) is 0 Å². The average Bonchev–Trinajstić information content (AvgIpc) is 2.07. The number of carbonyl (C=O) groups is 1. The van der Waals surface area contributed by atoms with E-state index in [9.17, 15) is 4.79 Å². The minimum atomic E-state index is -0.298. The van der Waals surface area contributed by atoms with Crippen LogP contribution in [0, 0.1) is 0 Å². The SMILES string of the molecule is O=C(C=CO)c1ccccn1. The Morgan fingerprint density at radius 1 is 1.55 bits per heavy atom. The van der Waals surface area contributed by atoms with Gasteiger partial charge in [-0.25, -0.2) is 0 Å². The minimum absolute atomic E-state index is 0.298. The van der Waals surface area contributed by atoms with Gasteiger partial charge in [0, 0.05) is 12.3 Å². The molecule has 1 aromatic rings. The Morgan fingerprint density at radius 3 is 2.91 bits per heavy atom. The molecule has 1 aromatic heterocycles. The second kappa shape index (κ2) is 3.51. The van der Waals surface area contributed by atoms with Crippen LogP contribution in [0.25, 0.3) is 0 Å². The predicted molar refractivity (Wildman–Crippen MR) is 40.3 cm³/mol. The molecule has 56 valence electrons. The van der Waals surface area contributed by atoms with E-state index in [0.717, 1.165) is 6.08 Å². The van der Waals surface area contributed by atoms with Gasteiger partial charge in [-0.05, 0) is 12.1 Å². The third-order valence-electron chi connectivity index (χ3n) is 1.14. The number of pyridine rings is 1. The van der Waals surface area contributed by atoms with Gasteiger partial charge in [0.2, 0.25) is 5.78 Å². The molecular weight excluding hydrogens is 142 g/mol. The van der Waals surface area contributed by atoms with E-state index >= 15 is 0 Å². The normalized spacial score (nSPS) is 10.2. The van der Waals surface area contributed by atoms with Crippen molar-refractivity contribution in [3.05, 3.63) is 42.4 Å². The zero-order valence-electron chi connectivity index (χ0n) is 5.77. The summed E-state index contributed by atoms with van der Waals surface area (Å²) in [4.78, 5) is 14.7. The highest BCUT2D eigenvalue weighted by atomic mass is 16.2. The van der Waals surface area contributed by atoms with Crippen molar-refractivity contribution in [3.63, 3.8) is 0 Å². The first-order chi connectivity index (χ1) is 5.34. The molecule has 0 aliphatic rings. The van der Waals surface area contributed by atoms with Crippen molar-refractivity contribution in [1.82, 2.24) is 4.98 Å². The van der Waals surface area contributed by atoms with Crippen molar-refractivity contribution in [2.24, 2.45) is 0 Å². The molecule has 1 rings (SSSR count). The molecule has 0 saturated carbocycles. The summed E-state index contributed by atoms with van der Waals surface area (Å²) in [5.41, 5.74) is 0.331. The van der Waals surface area contributed by atoms with Gasteiger partial charge in [-0.3, -0.25) is 9.78 Å². The van der Waals surface area contributed by atoms with Crippen LogP contribution < -0.4 is 0 Å². The minimum Gasteiger partial charge on any atom is -0.515 e. The highest BCUT2D eigenvalue weighted by Crippen LogP contribution is 1.95. The number of aliphatic hydroxyl groups excluding tert-OH is 1. The Bertz CT molecular complexity index is 267. The second-order valence-corrected chi connectivity index (χ2v) is 1.89. The van der Waals surface area contributed by atoms with E-state index in [1.54, 1.807) is 18.2 Å². The Balaban J connectivity index is 2.86. The molecule has 0 spiro atoms. The van der Waals surface area contributed by atoms with Crippen molar-refractivity contribution in [2.45, 2.75) is 0 Å². The molecule has 11 heavy (non-hydrogen) atoms. The fourth-order valence-corrected chi connectivity index (χ4v) is 0.662. The van der Waals surface area contributed by atoms with Gasteiger partial charge >= 0.3 is 0 Å². The van der Waals surface area contributed by atoms with Gasteiger partial charge in [0.15, 0.2) is 0 Å². The van der Waals surface area contributed by atoms with Crippen LogP contribution in [-0.4, -0.2) is 15.9 Å². The first-order valence-corrected chi connectivity index (χ1v) is 3.10. The summed E-state index contributed by atoms with van der Waals surface area (Å²) in [6.07, 6.45) is 3.29. The van der Waals surface area contributed by atoms with Gasteiger partial charge in [-0.15, -0.1) is 0 Å². The molecule has 1 heterocycles. The fraction of sp³-hybridized carbons (Fsp3) is 0. The van der Waals surface area contributed by atoms with E-state index in [1.165, 1.54) is 6.20 Å². The molecule has 0 radical (unpaired) electrons. The van der Waals surface area contributed by atoms with Crippen LogP contribution in [0.1, 0.15) is 10.5 Å². The monoisotopic (exact) mass is 149 g/mol. The fourth-order valence-electron chi connectivity index (χ4n) is 0.662. The summed E-state index contributed by atoms with van der Waals surface area (Å²) in [7, 11) is 0. The summed E-state index contributed by atoms with van der Waals surface area (Å²) < 4.78 is 0. The van der Waals surface area contributed by atoms with E-state index in [0.29, 0.717) is 12.0 Å². The van der Waals surface area contributed by atoms with E-state index < -0.39 is 0 Å². The zero-order chi connectivity index (χ0) is 8.10. The number of allylic oxidation sites excluding steroid dienone is 1. The van der Waals surface area contributed by atoms with Crippen molar-refractivity contribution >= 4 is 5.78 Å². The quantitative estimate of drug-likeness (QED) is 0.392. The highest BCUT2D eigenvalue weighted by molar-refractivity contribution is 6.02. The molecule has 0 saturated heterocycles. The number of rotatable bonds is 2. The van der Waals surface area contributed by atoms with Crippen molar-refractivity contribution < 1.29 is 9.90 Å². The molecule has 0 atom stereocenters. The molecule has 0 unspecified atom stereocenters. The molecule has 3 heteroatoms. The van der Waals surface area contributed by atoms with E-state index in [-0.39, 0.29) is 5.78 Å². The van der Waals surface area contributed by atoms with E-state index in [2.05, 4.69) is 4.98 Å². The number of nitrogens with zero attached hydrogens (tertiary/aromatic N) is 1. The van der Waals surface area contributed by atoms with Crippen LogP contribution in [-0.2, 0) is 0 Å². The smallest absolute Gasteiger partial charge is 0.207 e. The lowest BCUT2D eigenvalue weighted by Crippen LogP contribution is -1.96. The largest absolute Gasteiger partial charge is 0.515 e. The summed E-state index contributed by atoms with van der Waals surface area (Å²) >= 11 is 0. The molecular formula is C8H7NO2. The van der Waals surface area contributed by atoms with Gasteiger partial charge < -0.3 is 5.11 Å². The number of aromatic nitrogens is 1. The van der Waals surface area contributed by atoms with Crippen molar-refractivity contribution in [1.29, 1.82) is 0 Å². The third kappa shape index (κ3) is 1.89. The number of carbonyl (C=O) groups excluding carboxylic acids is 1. The lowest BCUT2D eigenvalue weighted by molar-refractivity contribution is 0.104. The molecule has 0 fully saturated rings. The summed E-state index contributed by atoms with van der Waals surface area (Å²) in [6, 6.07) is 5.02. The number of hydrogen-bond acceptors (Lipinski definition) is 3. The topological polar surface area (TPSA) is 50.2 Å². The summed E-state index contributed by atoms with van der Waals surface area (Å²) in [5, 5.41) is 8.27. The Morgan fingerprint density at radius 2 is 2.36 bits per heavy atom. The molecule has 3 nitrogen and oxygen atoms in total. The summed E-state index contributed by atoms with van der Waals surface area (Å²) in [6.45, 7) is 0. The predicted octanol–water partition coefficient (Wildman–Crippen LogP) is 1.34. The highest BCUT2D eigenvalue weighted by Gasteiger charge is 1.99. The maximum Gasteiger partial charge on any atom is 0.207 e. The zero-order valence-corrected chi connectivity index (χ0v) is 5.77. The molecule has 0 amide bonds. The van der Waals surface area contributed by atoms with Crippen molar-refractivity contribution in [2.75, 3.05) is 0 Å². The van der Waals surface area contributed by atoms with Gasteiger partial charge in [-0.2, -0.15) is 0 Å². The lowest BCUT2D eigenvalue weighted by atomic mass is 10.2. The first-order valence-electron chi connectivity index (χ1n) is 3.10. The van der Waals surface area contributed by atoms with Crippen LogP contribution in [0.4, 0.5) is 0 Å². The molecule has 1 N–H and O–H groups in total. The van der Waals surface area contributed by atoms with E-state index in [1.807, 2.05) is 0 Å².